The van der Waals surface area contributed by atoms with Gasteiger partial charge in [-0.05, 0) is 6.92 Å². The number of nitro groups is 1. The molecule has 0 amide bonds. The number of non-ortho nitro benzene ring substituents is 1. The second kappa shape index (κ2) is 7.23. The van der Waals surface area contributed by atoms with E-state index in [0.29, 0.717) is 17.9 Å². The number of rotatable bonds is 4. The van der Waals surface area contributed by atoms with Crippen LogP contribution in [0.2, 0.25) is 0 Å². The van der Waals surface area contributed by atoms with Crippen molar-refractivity contribution in [2.45, 2.75) is 6.92 Å². The van der Waals surface area contributed by atoms with Gasteiger partial charge in [0.15, 0.2) is 5.82 Å². The molecule has 2 heterocycles. The molecule has 0 spiro atoms. The Balaban J connectivity index is 1.85. The standard InChI is InChI=1S/C17H18N6O2/c1-13-11-16(22-9-7-21(6-5-18)8-10-22)20-17(19-13)14-3-2-4-15(12-14)23(24)25/h2-4,11-12H,6-10H2,1H3. The zero-order valence-corrected chi connectivity index (χ0v) is 13.9. The second-order valence-electron chi connectivity index (χ2n) is 5.92. The van der Waals surface area contributed by atoms with E-state index in [1.165, 1.54) is 12.1 Å². The Bertz CT molecular complexity index is 824. The molecular weight excluding hydrogens is 320 g/mol. The number of benzene rings is 1. The Labute approximate surface area is 145 Å². The fourth-order valence-corrected chi connectivity index (χ4v) is 2.84. The Morgan fingerprint density at radius 2 is 2.00 bits per heavy atom. The van der Waals surface area contributed by atoms with E-state index in [4.69, 9.17) is 5.26 Å². The maximum atomic E-state index is 11.0. The van der Waals surface area contributed by atoms with E-state index < -0.39 is 4.92 Å². The van der Waals surface area contributed by atoms with Crippen LogP contribution in [-0.2, 0) is 0 Å². The van der Waals surface area contributed by atoms with Gasteiger partial charge in [0.25, 0.3) is 5.69 Å². The van der Waals surface area contributed by atoms with Crippen LogP contribution < -0.4 is 4.90 Å². The minimum atomic E-state index is -0.422. The molecule has 1 aromatic carbocycles. The lowest BCUT2D eigenvalue weighted by molar-refractivity contribution is -0.384. The third-order valence-corrected chi connectivity index (χ3v) is 4.15. The number of nitrogens with zero attached hydrogens (tertiary/aromatic N) is 6. The van der Waals surface area contributed by atoms with Gasteiger partial charge >= 0.3 is 0 Å². The van der Waals surface area contributed by atoms with Gasteiger partial charge in [-0.25, -0.2) is 9.97 Å². The lowest BCUT2D eigenvalue weighted by Crippen LogP contribution is -2.46. The molecule has 1 fully saturated rings. The van der Waals surface area contributed by atoms with Crippen LogP contribution in [0.4, 0.5) is 11.5 Å². The molecule has 128 valence electrons. The van der Waals surface area contributed by atoms with Crippen molar-refractivity contribution in [2.24, 2.45) is 0 Å². The van der Waals surface area contributed by atoms with Crippen molar-refractivity contribution in [3.8, 4) is 17.5 Å². The van der Waals surface area contributed by atoms with Crippen molar-refractivity contribution in [2.75, 3.05) is 37.6 Å². The number of anilines is 1. The molecule has 1 aliphatic heterocycles. The van der Waals surface area contributed by atoms with E-state index in [1.54, 1.807) is 12.1 Å². The van der Waals surface area contributed by atoms with Crippen LogP contribution in [0.5, 0.6) is 0 Å². The van der Waals surface area contributed by atoms with E-state index in [-0.39, 0.29) is 5.69 Å². The third-order valence-electron chi connectivity index (χ3n) is 4.15. The van der Waals surface area contributed by atoms with Crippen molar-refractivity contribution in [1.82, 2.24) is 14.9 Å². The summed E-state index contributed by atoms with van der Waals surface area (Å²) in [5.74, 6) is 1.30. The van der Waals surface area contributed by atoms with Gasteiger partial charge in [0.1, 0.15) is 5.82 Å². The second-order valence-corrected chi connectivity index (χ2v) is 5.92. The Morgan fingerprint density at radius 1 is 1.24 bits per heavy atom. The number of nitriles is 1. The SMILES string of the molecule is Cc1cc(N2CCN(CC#N)CC2)nc(-c2cccc([N+](=O)[O-])c2)n1. The highest BCUT2D eigenvalue weighted by molar-refractivity contribution is 5.61. The first kappa shape index (κ1) is 16.8. The van der Waals surface area contributed by atoms with Crippen LogP contribution in [0, 0.1) is 28.4 Å². The lowest BCUT2D eigenvalue weighted by atomic mass is 10.2. The minimum absolute atomic E-state index is 0.0225. The first-order valence-electron chi connectivity index (χ1n) is 8.01. The molecule has 2 aromatic rings. The van der Waals surface area contributed by atoms with Crippen molar-refractivity contribution in [1.29, 1.82) is 5.26 Å². The molecule has 0 radical (unpaired) electrons. The average molecular weight is 338 g/mol. The zero-order valence-electron chi connectivity index (χ0n) is 13.9. The van der Waals surface area contributed by atoms with Crippen molar-refractivity contribution >= 4 is 11.5 Å². The number of aromatic nitrogens is 2. The van der Waals surface area contributed by atoms with Gasteiger partial charge < -0.3 is 4.90 Å². The van der Waals surface area contributed by atoms with E-state index in [1.807, 2.05) is 13.0 Å². The molecule has 1 aromatic heterocycles. The monoisotopic (exact) mass is 338 g/mol. The lowest BCUT2D eigenvalue weighted by Gasteiger charge is -2.34. The molecule has 0 aliphatic carbocycles. The van der Waals surface area contributed by atoms with Crippen molar-refractivity contribution < 1.29 is 4.92 Å². The van der Waals surface area contributed by atoms with Crippen LogP contribution >= 0.6 is 0 Å². The number of aryl methyl sites for hydroxylation is 1. The van der Waals surface area contributed by atoms with E-state index in [2.05, 4.69) is 25.8 Å². The molecule has 0 saturated carbocycles. The van der Waals surface area contributed by atoms with E-state index in [9.17, 15) is 10.1 Å². The van der Waals surface area contributed by atoms with Crippen LogP contribution in [0.15, 0.2) is 30.3 Å². The average Bonchev–Trinajstić information content (AvgIpc) is 2.62. The summed E-state index contributed by atoms with van der Waals surface area (Å²) >= 11 is 0. The Morgan fingerprint density at radius 3 is 2.68 bits per heavy atom. The molecule has 8 heteroatoms. The molecule has 1 saturated heterocycles. The Hall–Kier alpha value is -3.05. The quantitative estimate of drug-likeness (QED) is 0.477. The maximum absolute atomic E-state index is 11.0. The first-order valence-corrected chi connectivity index (χ1v) is 8.01. The van der Waals surface area contributed by atoms with Crippen LogP contribution in [-0.4, -0.2) is 52.5 Å². The van der Waals surface area contributed by atoms with Gasteiger partial charge in [-0.1, -0.05) is 12.1 Å². The molecule has 1 aliphatic rings. The number of hydrogen-bond donors (Lipinski definition) is 0. The van der Waals surface area contributed by atoms with Gasteiger partial charge in [-0.3, -0.25) is 15.0 Å². The summed E-state index contributed by atoms with van der Waals surface area (Å²) in [6, 6.07) is 10.4. The van der Waals surface area contributed by atoms with Crippen molar-refractivity contribution in [3.63, 3.8) is 0 Å². The molecule has 0 N–H and O–H groups in total. The molecule has 25 heavy (non-hydrogen) atoms. The molecule has 0 atom stereocenters. The molecule has 0 bridgehead atoms. The highest BCUT2D eigenvalue weighted by Crippen LogP contribution is 2.24. The molecule has 3 rings (SSSR count). The summed E-state index contributed by atoms with van der Waals surface area (Å²) in [5, 5.41) is 19.8. The summed E-state index contributed by atoms with van der Waals surface area (Å²) in [7, 11) is 0. The number of piperazine rings is 1. The van der Waals surface area contributed by atoms with Crippen molar-refractivity contribution in [3.05, 3.63) is 46.1 Å². The highest BCUT2D eigenvalue weighted by atomic mass is 16.6. The zero-order chi connectivity index (χ0) is 17.8. The predicted molar refractivity (Wildman–Crippen MR) is 93.1 cm³/mol. The van der Waals surface area contributed by atoms with Gasteiger partial charge in [0, 0.05) is 55.6 Å². The predicted octanol–water partition coefficient (Wildman–Crippen LogP) is 2.01. The fraction of sp³-hybridized carbons (Fsp3) is 0.353. The summed E-state index contributed by atoms with van der Waals surface area (Å²) in [5.41, 5.74) is 1.46. The fourth-order valence-electron chi connectivity index (χ4n) is 2.84. The highest BCUT2D eigenvalue weighted by Gasteiger charge is 2.19. The topological polar surface area (TPSA) is 99.2 Å². The number of hydrogen-bond acceptors (Lipinski definition) is 7. The van der Waals surface area contributed by atoms with E-state index >= 15 is 0 Å². The van der Waals surface area contributed by atoms with Crippen LogP contribution in [0.3, 0.4) is 0 Å². The normalized spacial score (nSPS) is 15.0. The smallest absolute Gasteiger partial charge is 0.270 e. The largest absolute Gasteiger partial charge is 0.354 e. The van der Waals surface area contributed by atoms with Crippen LogP contribution in [0.25, 0.3) is 11.4 Å². The van der Waals surface area contributed by atoms with Gasteiger partial charge in [-0.15, -0.1) is 0 Å². The minimum Gasteiger partial charge on any atom is -0.354 e. The summed E-state index contributed by atoms with van der Waals surface area (Å²) in [4.78, 5) is 23.9. The summed E-state index contributed by atoms with van der Waals surface area (Å²) < 4.78 is 0. The Kier molecular flexibility index (Phi) is 4.86. The number of nitro benzene ring substituents is 1. The van der Waals surface area contributed by atoms with E-state index in [0.717, 1.165) is 37.7 Å². The first-order chi connectivity index (χ1) is 12.1. The van der Waals surface area contributed by atoms with Gasteiger partial charge in [-0.2, -0.15) is 5.26 Å². The third kappa shape index (κ3) is 3.89. The van der Waals surface area contributed by atoms with Crippen LogP contribution in [0.1, 0.15) is 5.69 Å². The molecule has 8 nitrogen and oxygen atoms in total. The summed E-state index contributed by atoms with van der Waals surface area (Å²) in [6.45, 7) is 5.51. The van der Waals surface area contributed by atoms with Gasteiger partial charge in [0.2, 0.25) is 0 Å². The summed E-state index contributed by atoms with van der Waals surface area (Å²) in [6.07, 6.45) is 0. The van der Waals surface area contributed by atoms with Gasteiger partial charge in [0.05, 0.1) is 17.5 Å². The molecular formula is C17H18N6O2. The molecule has 0 unspecified atom stereocenters. The maximum Gasteiger partial charge on any atom is 0.270 e.